The van der Waals surface area contributed by atoms with Gasteiger partial charge in [0.25, 0.3) is 5.60 Å². The van der Waals surface area contributed by atoms with Gasteiger partial charge >= 0.3 is 12.4 Å². The smallest absolute Gasteiger partial charge is 0.381 e. The molecule has 5 nitrogen and oxygen atoms in total. The summed E-state index contributed by atoms with van der Waals surface area (Å²) in [6, 6.07) is 4.18. The van der Waals surface area contributed by atoms with Crippen molar-refractivity contribution in [2.24, 2.45) is 0 Å². The normalized spacial score (nSPS) is 17.9. The Morgan fingerprint density at radius 2 is 1.71 bits per heavy atom. The molecule has 2 aromatic rings. The zero-order valence-electron chi connectivity index (χ0n) is 17.6. The standard InChI is InChI=1S/C21H19F7N4OS/c1-2-3-15-12-31(34-16-10-17(22)18(29)30-11-16)8-9-32(15)14-6-4-13(5-7-14)19(33,20(23,24)25)21(26,27)28/h4-7,10-11,15,33H,8-9,12H2,1H3,(H2,29,30). The topological polar surface area (TPSA) is 65.6 Å². The fraction of sp³-hybridized carbons (Fsp3) is 0.381. The summed E-state index contributed by atoms with van der Waals surface area (Å²) in [5.41, 5.74) is -0.602. The highest BCUT2D eigenvalue weighted by Gasteiger charge is 2.71. The van der Waals surface area contributed by atoms with Crippen LogP contribution < -0.4 is 10.6 Å². The number of aromatic nitrogens is 1. The number of benzene rings is 1. The minimum absolute atomic E-state index is 0.227. The van der Waals surface area contributed by atoms with Gasteiger partial charge in [-0.05, 0) is 37.1 Å². The van der Waals surface area contributed by atoms with Crippen molar-refractivity contribution in [2.75, 3.05) is 30.3 Å². The van der Waals surface area contributed by atoms with Gasteiger partial charge in [-0.25, -0.2) is 13.7 Å². The number of anilines is 2. The molecule has 0 bridgehead atoms. The molecule has 3 rings (SSSR count). The average molecular weight is 508 g/mol. The van der Waals surface area contributed by atoms with Crippen LogP contribution in [0.15, 0.2) is 41.4 Å². The van der Waals surface area contributed by atoms with E-state index >= 15 is 0 Å². The number of alkyl halides is 6. The van der Waals surface area contributed by atoms with Crippen LogP contribution >= 0.6 is 11.9 Å². The molecule has 1 aromatic carbocycles. The zero-order valence-corrected chi connectivity index (χ0v) is 18.4. The Bertz CT molecular complexity index is 1070. The Labute approximate surface area is 194 Å². The van der Waals surface area contributed by atoms with Gasteiger partial charge in [0.1, 0.15) is 6.04 Å². The first-order valence-corrected chi connectivity index (χ1v) is 10.5. The molecule has 184 valence electrons. The fourth-order valence-corrected chi connectivity index (χ4v) is 4.39. The Morgan fingerprint density at radius 1 is 1.09 bits per heavy atom. The molecule has 2 heterocycles. The van der Waals surface area contributed by atoms with Gasteiger partial charge in [-0.1, -0.05) is 18.1 Å². The van der Waals surface area contributed by atoms with Crippen molar-refractivity contribution in [3.05, 3.63) is 47.9 Å². The highest BCUT2D eigenvalue weighted by molar-refractivity contribution is 7.97. The van der Waals surface area contributed by atoms with Crippen LogP contribution in [0.5, 0.6) is 0 Å². The number of piperazine rings is 1. The molecule has 0 aliphatic carbocycles. The van der Waals surface area contributed by atoms with Gasteiger partial charge in [0.05, 0.1) is 0 Å². The third kappa shape index (κ3) is 5.03. The number of hydrogen-bond donors (Lipinski definition) is 2. The van der Waals surface area contributed by atoms with E-state index in [0.29, 0.717) is 42.3 Å². The molecule has 3 N–H and O–H groups in total. The van der Waals surface area contributed by atoms with Crippen LogP contribution in [0.4, 0.5) is 42.2 Å². The van der Waals surface area contributed by atoms with Gasteiger partial charge in [-0.2, -0.15) is 26.3 Å². The van der Waals surface area contributed by atoms with E-state index < -0.39 is 35.4 Å². The molecule has 1 fully saturated rings. The molecule has 0 saturated carbocycles. The van der Waals surface area contributed by atoms with Crippen molar-refractivity contribution in [2.45, 2.75) is 35.8 Å². The molecule has 0 spiro atoms. The molecule has 1 saturated heterocycles. The van der Waals surface area contributed by atoms with Crippen molar-refractivity contribution in [3.8, 4) is 11.8 Å². The van der Waals surface area contributed by atoms with Crippen molar-refractivity contribution in [1.29, 1.82) is 0 Å². The van der Waals surface area contributed by atoms with Gasteiger partial charge in [-0.3, -0.25) is 0 Å². The zero-order chi connectivity index (χ0) is 25.3. The summed E-state index contributed by atoms with van der Waals surface area (Å²) >= 11 is 1.22. The molecule has 1 aliphatic heterocycles. The molecule has 0 radical (unpaired) electrons. The lowest BCUT2D eigenvalue weighted by molar-refractivity contribution is -0.376. The molecule has 1 aliphatic rings. The monoisotopic (exact) mass is 508 g/mol. The third-order valence-corrected chi connectivity index (χ3v) is 6.19. The van der Waals surface area contributed by atoms with Gasteiger partial charge in [0.15, 0.2) is 11.6 Å². The summed E-state index contributed by atoms with van der Waals surface area (Å²) in [5, 5.41) is 9.57. The van der Waals surface area contributed by atoms with E-state index in [-0.39, 0.29) is 5.82 Å². The number of nitrogens with two attached hydrogens (primary N) is 1. The minimum Gasteiger partial charge on any atom is -0.381 e. The van der Waals surface area contributed by atoms with Gasteiger partial charge in [-0.15, -0.1) is 5.92 Å². The van der Waals surface area contributed by atoms with Crippen molar-refractivity contribution in [1.82, 2.24) is 9.29 Å². The molecule has 1 aromatic heterocycles. The number of halogens is 7. The second-order valence-electron chi connectivity index (χ2n) is 7.37. The minimum atomic E-state index is -5.96. The van der Waals surface area contributed by atoms with Crippen LogP contribution in [0.25, 0.3) is 0 Å². The number of nitrogen functional groups attached to an aromatic ring is 1. The maximum atomic E-state index is 13.7. The van der Waals surface area contributed by atoms with E-state index in [1.807, 2.05) is 4.31 Å². The second-order valence-corrected chi connectivity index (χ2v) is 8.54. The maximum absolute atomic E-state index is 13.7. The lowest BCUT2D eigenvalue weighted by Crippen LogP contribution is -2.54. The largest absolute Gasteiger partial charge is 0.430 e. The van der Waals surface area contributed by atoms with E-state index in [0.717, 1.165) is 12.1 Å². The number of hydrogen-bond acceptors (Lipinski definition) is 6. The lowest BCUT2D eigenvalue weighted by Gasteiger charge is -2.40. The number of aliphatic hydroxyl groups is 1. The second kappa shape index (κ2) is 9.52. The Hall–Kier alpha value is -2.69. The Morgan fingerprint density at radius 3 is 2.24 bits per heavy atom. The van der Waals surface area contributed by atoms with Crippen LogP contribution in [0.1, 0.15) is 12.5 Å². The first kappa shape index (κ1) is 25.9. The predicted molar refractivity (Wildman–Crippen MR) is 113 cm³/mol. The van der Waals surface area contributed by atoms with Crippen LogP contribution in [-0.2, 0) is 5.60 Å². The van der Waals surface area contributed by atoms with Crippen LogP contribution in [0, 0.1) is 17.7 Å². The summed E-state index contributed by atoms with van der Waals surface area (Å²) < 4.78 is 94.3. The molecular weight excluding hydrogens is 489 g/mol. The van der Waals surface area contributed by atoms with Crippen molar-refractivity contribution in [3.63, 3.8) is 0 Å². The predicted octanol–water partition coefficient (Wildman–Crippen LogP) is 4.34. The van der Waals surface area contributed by atoms with E-state index in [1.54, 1.807) is 11.8 Å². The highest BCUT2D eigenvalue weighted by Crippen LogP contribution is 2.50. The third-order valence-electron chi connectivity index (χ3n) is 5.17. The molecule has 0 amide bonds. The summed E-state index contributed by atoms with van der Waals surface area (Å²) in [6.07, 6.45) is -10.5. The Balaban J connectivity index is 1.81. The van der Waals surface area contributed by atoms with Gasteiger partial charge < -0.3 is 15.7 Å². The molecule has 13 heteroatoms. The van der Waals surface area contributed by atoms with Crippen LogP contribution in [0.3, 0.4) is 0 Å². The first-order chi connectivity index (χ1) is 15.8. The molecule has 1 unspecified atom stereocenters. The summed E-state index contributed by atoms with van der Waals surface area (Å²) in [4.78, 5) is 6.00. The number of pyridine rings is 1. The van der Waals surface area contributed by atoms with E-state index in [9.17, 15) is 35.8 Å². The van der Waals surface area contributed by atoms with E-state index in [2.05, 4.69) is 16.8 Å². The average Bonchev–Trinajstić information content (AvgIpc) is 2.75. The van der Waals surface area contributed by atoms with E-state index in [1.165, 1.54) is 24.2 Å². The van der Waals surface area contributed by atoms with Gasteiger partial charge in [0.2, 0.25) is 0 Å². The SMILES string of the molecule is CC#CC1CN(Sc2cnc(N)c(F)c2)CCN1c1ccc(C(O)(C(F)(F)F)C(F)(F)F)cc1. The highest BCUT2D eigenvalue weighted by atomic mass is 32.2. The number of nitrogens with zero attached hydrogens (tertiary/aromatic N) is 3. The first-order valence-electron chi connectivity index (χ1n) is 9.77. The summed E-state index contributed by atoms with van der Waals surface area (Å²) in [6.45, 7) is 2.70. The maximum Gasteiger partial charge on any atom is 0.430 e. The fourth-order valence-electron chi connectivity index (χ4n) is 3.45. The van der Waals surface area contributed by atoms with Crippen LogP contribution in [0.2, 0.25) is 0 Å². The quantitative estimate of drug-likeness (QED) is 0.364. The summed E-state index contributed by atoms with van der Waals surface area (Å²) in [5.74, 6) is 4.84. The molecule has 1 atom stereocenters. The number of rotatable bonds is 4. The van der Waals surface area contributed by atoms with Crippen molar-refractivity contribution >= 4 is 23.5 Å². The Kier molecular flexibility index (Phi) is 7.26. The lowest BCUT2D eigenvalue weighted by atomic mass is 9.92. The summed E-state index contributed by atoms with van der Waals surface area (Å²) in [7, 11) is 0. The van der Waals surface area contributed by atoms with Gasteiger partial charge in [0, 0.05) is 42.0 Å². The van der Waals surface area contributed by atoms with E-state index in [4.69, 9.17) is 5.73 Å². The van der Waals surface area contributed by atoms with Crippen molar-refractivity contribution < 1.29 is 35.8 Å². The molecular formula is C21H19F7N4OS. The van der Waals surface area contributed by atoms with Crippen LogP contribution in [-0.4, -0.2) is 52.4 Å². The molecule has 34 heavy (non-hydrogen) atoms.